The van der Waals surface area contributed by atoms with E-state index in [9.17, 15) is 4.79 Å². The number of nitrogens with zero attached hydrogens (tertiary/aromatic N) is 1. The summed E-state index contributed by atoms with van der Waals surface area (Å²) in [6, 6.07) is 20.5. The van der Waals surface area contributed by atoms with Gasteiger partial charge in [-0.2, -0.15) is 0 Å². The number of benzene rings is 2. The SMILES string of the molecule is CC(=O)c1cc2ccccc2n2c1cc1ccccc12. The molecule has 96 valence electrons. The summed E-state index contributed by atoms with van der Waals surface area (Å²) < 4.78 is 2.18. The predicted molar refractivity (Wildman–Crippen MR) is 82.4 cm³/mol. The minimum Gasteiger partial charge on any atom is -0.309 e. The maximum atomic E-state index is 12.0. The van der Waals surface area contributed by atoms with E-state index < -0.39 is 0 Å². The number of para-hydroxylation sites is 2. The average molecular weight is 259 g/mol. The van der Waals surface area contributed by atoms with Crippen LogP contribution < -0.4 is 0 Å². The molecule has 2 heteroatoms. The number of carbonyl (C=O) groups excluding carboxylic acids is 1. The van der Waals surface area contributed by atoms with Gasteiger partial charge in [0.15, 0.2) is 5.78 Å². The van der Waals surface area contributed by atoms with E-state index in [4.69, 9.17) is 0 Å². The fourth-order valence-electron chi connectivity index (χ4n) is 2.94. The highest BCUT2D eigenvalue weighted by molar-refractivity contribution is 6.08. The minimum atomic E-state index is 0.101. The van der Waals surface area contributed by atoms with Gasteiger partial charge in [-0.3, -0.25) is 4.79 Å². The maximum Gasteiger partial charge on any atom is 0.161 e. The van der Waals surface area contributed by atoms with Crippen molar-refractivity contribution in [1.29, 1.82) is 0 Å². The molecule has 0 aliphatic carbocycles. The second-order valence-corrected chi connectivity index (χ2v) is 5.10. The first-order chi connectivity index (χ1) is 9.75. The molecule has 0 radical (unpaired) electrons. The van der Waals surface area contributed by atoms with Gasteiger partial charge in [0, 0.05) is 10.9 Å². The Balaban J connectivity index is 2.37. The number of aromatic nitrogens is 1. The van der Waals surface area contributed by atoms with E-state index >= 15 is 0 Å². The highest BCUT2D eigenvalue weighted by Crippen LogP contribution is 2.28. The molecular formula is C18H13NO. The molecule has 4 rings (SSSR count). The van der Waals surface area contributed by atoms with E-state index in [1.807, 2.05) is 30.3 Å². The molecule has 0 bridgehead atoms. The number of carbonyl (C=O) groups is 1. The standard InChI is InChI=1S/C18H13NO/c1-12(20)15-10-13-6-2-4-8-16(13)19-17-9-5-3-7-14(17)11-18(15)19/h2-11H,1H3. The Hall–Kier alpha value is -2.61. The van der Waals surface area contributed by atoms with Crippen molar-refractivity contribution in [2.24, 2.45) is 0 Å². The van der Waals surface area contributed by atoms with Gasteiger partial charge in [0.1, 0.15) is 0 Å². The number of hydrogen-bond donors (Lipinski definition) is 0. The lowest BCUT2D eigenvalue weighted by Gasteiger charge is -2.08. The van der Waals surface area contributed by atoms with Crippen molar-refractivity contribution in [3.05, 3.63) is 66.2 Å². The molecule has 0 saturated carbocycles. The zero-order valence-corrected chi connectivity index (χ0v) is 11.1. The van der Waals surface area contributed by atoms with Gasteiger partial charge in [0.05, 0.1) is 16.6 Å². The summed E-state index contributed by atoms with van der Waals surface area (Å²) in [6.45, 7) is 1.63. The van der Waals surface area contributed by atoms with Crippen LogP contribution in [0.3, 0.4) is 0 Å². The Morgan fingerprint density at radius 3 is 1.95 bits per heavy atom. The summed E-state index contributed by atoms with van der Waals surface area (Å²) in [5, 5.41) is 2.25. The van der Waals surface area contributed by atoms with Crippen LogP contribution >= 0.6 is 0 Å². The maximum absolute atomic E-state index is 12.0. The summed E-state index contributed by atoms with van der Waals surface area (Å²) in [7, 11) is 0. The lowest BCUT2D eigenvalue weighted by atomic mass is 10.1. The molecule has 0 unspecified atom stereocenters. The third-order valence-electron chi connectivity index (χ3n) is 3.84. The minimum absolute atomic E-state index is 0.101. The molecule has 0 N–H and O–H groups in total. The van der Waals surface area contributed by atoms with Crippen LogP contribution in [0.15, 0.2) is 60.7 Å². The Labute approximate surface area is 116 Å². The van der Waals surface area contributed by atoms with Gasteiger partial charge in [0.2, 0.25) is 0 Å². The third kappa shape index (κ3) is 1.42. The molecule has 2 aromatic carbocycles. The summed E-state index contributed by atoms with van der Waals surface area (Å²) >= 11 is 0. The quantitative estimate of drug-likeness (QED) is 0.463. The molecule has 2 aromatic heterocycles. The fourth-order valence-corrected chi connectivity index (χ4v) is 2.94. The molecule has 0 atom stereocenters. The van der Waals surface area contributed by atoms with E-state index in [1.165, 1.54) is 0 Å². The summed E-state index contributed by atoms with van der Waals surface area (Å²) in [6.07, 6.45) is 0. The number of Topliss-reactive ketones (excluding diaryl/α,β-unsaturated/α-hetero) is 1. The van der Waals surface area contributed by atoms with Gasteiger partial charge < -0.3 is 4.40 Å². The first-order valence-corrected chi connectivity index (χ1v) is 6.68. The first-order valence-electron chi connectivity index (χ1n) is 6.68. The van der Waals surface area contributed by atoms with Crippen LogP contribution in [0.2, 0.25) is 0 Å². The second-order valence-electron chi connectivity index (χ2n) is 5.10. The average Bonchev–Trinajstić information content (AvgIpc) is 2.85. The lowest BCUT2D eigenvalue weighted by molar-refractivity contribution is 0.101. The number of hydrogen-bond acceptors (Lipinski definition) is 1. The zero-order valence-electron chi connectivity index (χ0n) is 11.1. The largest absolute Gasteiger partial charge is 0.309 e. The van der Waals surface area contributed by atoms with Crippen LogP contribution in [-0.2, 0) is 0 Å². The van der Waals surface area contributed by atoms with Crippen LogP contribution in [0.25, 0.3) is 27.3 Å². The van der Waals surface area contributed by atoms with E-state index in [0.29, 0.717) is 0 Å². The highest BCUT2D eigenvalue weighted by atomic mass is 16.1. The zero-order chi connectivity index (χ0) is 13.7. The number of fused-ring (bicyclic) bond motifs is 5. The fraction of sp³-hybridized carbons (Fsp3) is 0.0556. The summed E-state index contributed by atoms with van der Waals surface area (Å²) in [5.41, 5.74) is 4.04. The van der Waals surface area contributed by atoms with Gasteiger partial charge in [0.25, 0.3) is 0 Å². The number of rotatable bonds is 1. The van der Waals surface area contributed by atoms with Crippen molar-refractivity contribution in [3.63, 3.8) is 0 Å². The van der Waals surface area contributed by atoms with E-state index in [1.54, 1.807) is 6.92 Å². The molecule has 20 heavy (non-hydrogen) atoms. The Kier molecular flexibility index (Phi) is 2.21. The van der Waals surface area contributed by atoms with Gasteiger partial charge in [-0.1, -0.05) is 36.4 Å². The normalized spacial score (nSPS) is 11.4. The van der Waals surface area contributed by atoms with Crippen LogP contribution in [0.4, 0.5) is 0 Å². The van der Waals surface area contributed by atoms with Gasteiger partial charge in [-0.05, 0) is 36.6 Å². The Bertz CT molecular complexity index is 979. The van der Waals surface area contributed by atoms with Crippen molar-refractivity contribution in [2.45, 2.75) is 6.92 Å². The smallest absolute Gasteiger partial charge is 0.161 e. The number of ketones is 1. The van der Waals surface area contributed by atoms with E-state index in [-0.39, 0.29) is 5.78 Å². The van der Waals surface area contributed by atoms with Gasteiger partial charge in [-0.15, -0.1) is 0 Å². The number of pyridine rings is 1. The van der Waals surface area contributed by atoms with Crippen molar-refractivity contribution < 1.29 is 4.79 Å². The highest BCUT2D eigenvalue weighted by Gasteiger charge is 2.12. The van der Waals surface area contributed by atoms with E-state index in [2.05, 4.69) is 34.7 Å². The van der Waals surface area contributed by atoms with Crippen LogP contribution in [0, 0.1) is 0 Å². The predicted octanol–water partition coefficient (Wildman–Crippen LogP) is 4.45. The van der Waals surface area contributed by atoms with Crippen LogP contribution in [0.1, 0.15) is 17.3 Å². The summed E-state index contributed by atoms with van der Waals surface area (Å²) in [4.78, 5) is 12.0. The molecule has 0 fully saturated rings. The van der Waals surface area contributed by atoms with Crippen LogP contribution in [0.5, 0.6) is 0 Å². The first kappa shape index (κ1) is 11.2. The lowest BCUT2D eigenvalue weighted by Crippen LogP contribution is -1.98. The molecule has 0 aliphatic heterocycles. The van der Waals surface area contributed by atoms with Crippen molar-refractivity contribution in [3.8, 4) is 0 Å². The molecule has 2 heterocycles. The molecule has 0 aliphatic rings. The molecular weight excluding hydrogens is 246 g/mol. The molecule has 4 aromatic rings. The van der Waals surface area contributed by atoms with Crippen molar-refractivity contribution in [1.82, 2.24) is 4.40 Å². The molecule has 0 spiro atoms. The van der Waals surface area contributed by atoms with Crippen molar-refractivity contribution in [2.75, 3.05) is 0 Å². The van der Waals surface area contributed by atoms with Crippen LogP contribution in [-0.4, -0.2) is 10.2 Å². The molecule has 2 nitrogen and oxygen atoms in total. The van der Waals surface area contributed by atoms with Gasteiger partial charge >= 0.3 is 0 Å². The van der Waals surface area contributed by atoms with Crippen molar-refractivity contribution >= 4 is 33.1 Å². The topological polar surface area (TPSA) is 21.5 Å². The molecule has 0 amide bonds. The Morgan fingerprint density at radius 1 is 0.800 bits per heavy atom. The second kappa shape index (κ2) is 3.94. The van der Waals surface area contributed by atoms with E-state index in [0.717, 1.165) is 32.9 Å². The molecule has 0 saturated heterocycles. The monoisotopic (exact) mass is 259 g/mol. The Morgan fingerprint density at radius 2 is 1.35 bits per heavy atom. The third-order valence-corrected chi connectivity index (χ3v) is 3.84. The summed E-state index contributed by atoms with van der Waals surface area (Å²) in [5.74, 6) is 0.101. The van der Waals surface area contributed by atoms with Gasteiger partial charge in [-0.25, -0.2) is 0 Å².